The van der Waals surface area contributed by atoms with E-state index >= 15 is 0 Å². The van der Waals surface area contributed by atoms with Crippen molar-refractivity contribution < 1.29 is 29.9 Å². The average molecular weight is 304 g/mol. The highest BCUT2D eigenvalue weighted by Crippen LogP contribution is 2.46. The minimum atomic E-state index is -1.68. The van der Waals surface area contributed by atoms with Gasteiger partial charge in [0.05, 0.1) is 0 Å². The van der Waals surface area contributed by atoms with Gasteiger partial charge in [-0.15, -0.1) is 0 Å². The van der Waals surface area contributed by atoms with Crippen LogP contribution in [0.1, 0.15) is 17.2 Å². The molecule has 0 saturated carbocycles. The van der Waals surface area contributed by atoms with E-state index in [1.54, 1.807) is 12.1 Å². The van der Waals surface area contributed by atoms with Gasteiger partial charge in [-0.2, -0.15) is 0 Å². The molecule has 2 aromatic rings. The largest absolute Gasteiger partial charge is 0.508 e. The van der Waals surface area contributed by atoms with E-state index < -0.39 is 11.9 Å². The molecule has 6 nitrogen and oxygen atoms in total. The maximum absolute atomic E-state index is 10.7. The first-order valence-electron chi connectivity index (χ1n) is 6.71. The Morgan fingerprint density at radius 3 is 2.41 bits per heavy atom. The lowest BCUT2D eigenvalue weighted by atomic mass is 9.90. The van der Waals surface area contributed by atoms with Gasteiger partial charge in [-0.05, 0) is 17.7 Å². The zero-order valence-corrected chi connectivity index (χ0v) is 11.9. The molecular weight excluding hydrogens is 288 g/mol. The van der Waals surface area contributed by atoms with E-state index in [2.05, 4.69) is 0 Å². The standard InChI is InChI=1S/C16H16O6/c1-21-16(20)8-12-13(19)6-11(18)7-14(12)22-15(16)9-2-4-10(17)5-3-9/h2-7,15,17-20H,8H2,1H3. The molecule has 0 aromatic heterocycles. The maximum Gasteiger partial charge on any atom is 0.212 e. The quantitative estimate of drug-likeness (QED) is 0.632. The molecule has 0 amide bonds. The smallest absolute Gasteiger partial charge is 0.212 e. The minimum Gasteiger partial charge on any atom is -0.508 e. The Balaban J connectivity index is 2.08. The molecule has 0 spiro atoms. The van der Waals surface area contributed by atoms with Crippen molar-refractivity contribution in [2.24, 2.45) is 0 Å². The van der Waals surface area contributed by atoms with E-state index in [0.717, 1.165) is 0 Å². The first-order valence-corrected chi connectivity index (χ1v) is 6.71. The van der Waals surface area contributed by atoms with Gasteiger partial charge in [0.1, 0.15) is 23.0 Å². The van der Waals surface area contributed by atoms with Crippen molar-refractivity contribution >= 4 is 0 Å². The Morgan fingerprint density at radius 2 is 1.77 bits per heavy atom. The second-order valence-corrected chi connectivity index (χ2v) is 5.26. The molecule has 0 bridgehead atoms. The Hall–Kier alpha value is -2.44. The van der Waals surface area contributed by atoms with Gasteiger partial charge in [0.2, 0.25) is 5.79 Å². The summed E-state index contributed by atoms with van der Waals surface area (Å²) in [6.45, 7) is 0. The number of hydrogen-bond acceptors (Lipinski definition) is 6. The fourth-order valence-electron chi connectivity index (χ4n) is 2.62. The number of phenolic OH excluding ortho intramolecular Hbond substituents is 3. The van der Waals surface area contributed by atoms with Gasteiger partial charge in [0, 0.05) is 31.2 Å². The Morgan fingerprint density at radius 1 is 1.09 bits per heavy atom. The van der Waals surface area contributed by atoms with Crippen LogP contribution < -0.4 is 4.74 Å². The summed E-state index contributed by atoms with van der Waals surface area (Å²) in [7, 11) is 1.35. The van der Waals surface area contributed by atoms with Crippen molar-refractivity contribution in [3.63, 3.8) is 0 Å². The number of rotatable bonds is 2. The molecule has 6 heteroatoms. The summed E-state index contributed by atoms with van der Waals surface area (Å²) in [4.78, 5) is 0. The third-order valence-electron chi connectivity index (χ3n) is 3.80. The molecule has 4 N–H and O–H groups in total. The summed E-state index contributed by atoms with van der Waals surface area (Å²) in [6, 6.07) is 8.72. The average Bonchev–Trinajstić information content (AvgIpc) is 2.49. The molecule has 1 heterocycles. The molecule has 116 valence electrons. The molecule has 22 heavy (non-hydrogen) atoms. The second-order valence-electron chi connectivity index (χ2n) is 5.26. The van der Waals surface area contributed by atoms with Gasteiger partial charge in [0.25, 0.3) is 0 Å². The number of phenols is 3. The first-order chi connectivity index (χ1) is 10.4. The van der Waals surface area contributed by atoms with E-state index in [1.807, 2.05) is 0 Å². The predicted octanol–water partition coefficient (Wildman–Crippen LogP) is 1.81. The molecular formula is C16H16O6. The lowest BCUT2D eigenvalue weighted by Crippen LogP contribution is -2.46. The number of hydrogen-bond donors (Lipinski definition) is 4. The van der Waals surface area contributed by atoms with Crippen LogP contribution in [-0.2, 0) is 11.2 Å². The van der Waals surface area contributed by atoms with Crippen LogP contribution in [0.4, 0.5) is 0 Å². The monoisotopic (exact) mass is 304 g/mol. The SMILES string of the molecule is COC1(O)Cc2c(O)cc(O)cc2OC1c1ccc(O)cc1. The predicted molar refractivity (Wildman–Crippen MR) is 76.9 cm³/mol. The molecule has 2 unspecified atom stereocenters. The van der Waals surface area contributed by atoms with Gasteiger partial charge < -0.3 is 29.9 Å². The maximum atomic E-state index is 10.7. The lowest BCUT2D eigenvalue weighted by Gasteiger charge is -2.39. The van der Waals surface area contributed by atoms with E-state index in [9.17, 15) is 20.4 Å². The fraction of sp³-hybridized carbons (Fsp3) is 0.250. The van der Waals surface area contributed by atoms with Crippen LogP contribution >= 0.6 is 0 Å². The number of benzene rings is 2. The Kier molecular flexibility index (Phi) is 3.35. The van der Waals surface area contributed by atoms with Crippen LogP contribution in [-0.4, -0.2) is 33.3 Å². The summed E-state index contributed by atoms with van der Waals surface area (Å²) < 4.78 is 11.0. The Bertz CT molecular complexity index is 697. The molecule has 1 aliphatic rings. The summed E-state index contributed by atoms with van der Waals surface area (Å²) in [6.07, 6.45) is -0.872. The highest BCUT2D eigenvalue weighted by atomic mass is 16.6. The highest BCUT2D eigenvalue weighted by Gasteiger charge is 2.45. The highest BCUT2D eigenvalue weighted by molar-refractivity contribution is 5.52. The molecule has 2 atom stereocenters. The van der Waals surface area contributed by atoms with Gasteiger partial charge in [0.15, 0.2) is 6.10 Å². The van der Waals surface area contributed by atoms with Crippen molar-refractivity contribution in [3.8, 4) is 23.0 Å². The van der Waals surface area contributed by atoms with E-state index in [-0.39, 0.29) is 29.4 Å². The van der Waals surface area contributed by atoms with Crippen molar-refractivity contribution in [1.82, 2.24) is 0 Å². The topological polar surface area (TPSA) is 99.4 Å². The van der Waals surface area contributed by atoms with Gasteiger partial charge in [-0.1, -0.05) is 12.1 Å². The number of ether oxygens (including phenoxy) is 2. The van der Waals surface area contributed by atoms with Crippen molar-refractivity contribution in [3.05, 3.63) is 47.5 Å². The van der Waals surface area contributed by atoms with E-state index in [0.29, 0.717) is 11.1 Å². The number of aromatic hydroxyl groups is 3. The van der Waals surface area contributed by atoms with Crippen LogP contribution in [0.2, 0.25) is 0 Å². The summed E-state index contributed by atoms with van der Waals surface area (Å²) >= 11 is 0. The normalized spacial score (nSPS) is 23.6. The number of methoxy groups -OCH3 is 1. The molecule has 3 rings (SSSR count). The third-order valence-corrected chi connectivity index (χ3v) is 3.80. The number of aliphatic hydroxyl groups is 1. The van der Waals surface area contributed by atoms with Crippen LogP contribution in [0.3, 0.4) is 0 Å². The second kappa shape index (κ2) is 5.08. The van der Waals surface area contributed by atoms with Crippen molar-refractivity contribution in [1.29, 1.82) is 0 Å². The Labute approximate surface area is 126 Å². The minimum absolute atomic E-state index is 0.00348. The summed E-state index contributed by atoms with van der Waals surface area (Å²) in [5, 5.41) is 39.6. The van der Waals surface area contributed by atoms with Crippen molar-refractivity contribution in [2.75, 3.05) is 7.11 Å². The van der Waals surface area contributed by atoms with Crippen LogP contribution in [0.5, 0.6) is 23.0 Å². The van der Waals surface area contributed by atoms with E-state index in [4.69, 9.17) is 9.47 Å². The molecule has 2 aromatic carbocycles. The van der Waals surface area contributed by atoms with E-state index in [1.165, 1.54) is 31.4 Å². The van der Waals surface area contributed by atoms with Gasteiger partial charge in [-0.25, -0.2) is 0 Å². The van der Waals surface area contributed by atoms with Crippen molar-refractivity contribution in [2.45, 2.75) is 18.3 Å². The zero-order chi connectivity index (χ0) is 15.9. The molecule has 0 fully saturated rings. The van der Waals surface area contributed by atoms with Crippen LogP contribution in [0, 0.1) is 0 Å². The fourth-order valence-corrected chi connectivity index (χ4v) is 2.62. The third kappa shape index (κ3) is 2.32. The van der Waals surface area contributed by atoms with Crippen LogP contribution in [0.15, 0.2) is 36.4 Å². The zero-order valence-electron chi connectivity index (χ0n) is 11.9. The molecule has 0 radical (unpaired) electrons. The molecule has 0 saturated heterocycles. The van der Waals surface area contributed by atoms with Gasteiger partial charge in [-0.3, -0.25) is 0 Å². The van der Waals surface area contributed by atoms with Gasteiger partial charge >= 0.3 is 0 Å². The molecule has 0 aliphatic carbocycles. The number of fused-ring (bicyclic) bond motifs is 1. The molecule has 1 aliphatic heterocycles. The summed E-state index contributed by atoms with van der Waals surface area (Å²) in [5.74, 6) is -1.62. The lowest BCUT2D eigenvalue weighted by molar-refractivity contribution is -0.244. The summed E-state index contributed by atoms with van der Waals surface area (Å²) in [5.41, 5.74) is 0.952. The van der Waals surface area contributed by atoms with Crippen LogP contribution in [0.25, 0.3) is 0 Å². The first kappa shape index (κ1) is 14.5.